The van der Waals surface area contributed by atoms with Crippen LogP contribution in [0.4, 0.5) is 11.4 Å². The molecule has 2 aliphatic heterocycles. The van der Waals surface area contributed by atoms with Crippen LogP contribution in [-0.2, 0) is 0 Å². The van der Waals surface area contributed by atoms with E-state index in [1.807, 2.05) is 0 Å². The summed E-state index contributed by atoms with van der Waals surface area (Å²) < 4.78 is 0. The topological polar surface area (TPSA) is 75.5 Å². The molecule has 19 heavy (non-hydrogen) atoms. The minimum atomic E-state index is -0.470. The van der Waals surface area contributed by atoms with Crippen LogP contribution in [-0.4, -0.2) is 28.4 Å². The number of hydrogen-bond donors (Lipinski definition) is 1. The van der Waals surface area contributed by atoms with Crippen molar-refractivity contribution in [1.82, 2.24) is 4.90 Å². The van der Waals surface area contributed by atoms with Crippen LogP contribution in [0.2, 0.25) is 0 Å². The molecule has 1 fully saturated rings. The molecule has 2 heterocycles. The van der Waals surface area contributed by atoms with Crippen LogP contribution in [0, 0.1) is 10.1 Å². The lowest BCUT2D eigenvalue weighted by Crippen LogP contribution is -2.48. The molecule has 6 nitrogen and oxygen atoms in total. The zero-order chi connectivity index (χ0) is 13.4. The summed E-state index contributed by atoms with van der Waals surface area (Å²) in [6, 6.07) is 4.44. The summed E-state index contributed by atoms with van der Waals surface area (Å²) in [5.74, 6) is -0.0932. The summed E-state index contributed by atoms with van der Waals surface area (Å²) in [5, 5.41) is 14.1. The largest absolute Gasteiger partial charge is 0.364 e. The second-order valence-electron chi connectivity index (χ2n) is 5.00. The zero-order valence-corrected chi connectivity index (χ0v) is 10.5. The van der Waals surface area contributed by atoms with E-state index in [0.29, 0.717) is 11.3 Å². The van der Waals surface area contributed by atoms with Crippen LogP contribution < -0.4 is 5.32 Å². The number of carbonyl (C=O) groups excluding carboxylic acids is 1. The molecule has 2 aliphatic rings. The van der Waals surface area contributed by atoms with Gasteiger partial charge in [-0.1, -0.05) is 6.42 Å². The normalized spacial score (nSPS) is 22.0. The average Bonchev–Trinajstić information content (AvgIpc) is 2.64. The Morgan fingerprint density at radius 3 is 2.95 bits per heavy atom. The van der Waals surface area contributed by atoms with Gasteiger partial charge in [-0.3, -0.25) is 14.9 Å². The van der Waals surface area contributed by atoms with E-state index in [0.717, 1.165) is 32.2 Å². The Kier molecular flexibility index (Phi) is 2.85. The molecular formula is C13H15N3O3. The highest BCUT2D eigenvalue weighted by Crippen LogP contribution is 2.31. The quantitative estimate of drug-likeness (QED) is 0.622. The first-order chi connectivity index (χ1) is 9.16. The first-order valence-corrected chi connectivity index (χ1v) is 6.53. The van der Waals surface area contributed by atoms with Gasteiger partial charge < -0.3 is 10.2 Å². The Bertz CT molecular complexity index is 544. The van der Waals surface area contributed by atoms with Crippen molar-refractivity contribution in [3.8, 4) is 0 Å². The van der Waals surface area contributed by atoms with E-state index in [1.54, 1.807) is 11.0 Å². The van der Waals surface area contributed by atoms with E-state index in [1.165, 1.54) is 12.1 Å². The molecule has 6 heteroatoms. The summed E-state index contributed by atoms with van der Waals surface area (Å²) in [6.07, 6.45) is 4.18. The van der Waals surface area contributed by atoms with Gasteiger partial charge in [0.15, 0.2) is 0 Å². The zero-order valence-electron chi connectivity index (χ0n) is 10.5. The second-order valence-corrected chi connectivity index (χ2v) is 5.00. The molecule has 0 aromatic heterocycles. The Morgan fingerprint density at radius 1 is 1.32 bits per heavy atom. The maximum atomic E-state index is 12.4. The number of fused-ring (bicyclic) bond motifs is 2. The number of amides is 1. The van der Waals surface area contributed by atoms with E-state index in [-0.39, 0.29) is 17.8 Å². The molecule has 0 aliphatic carbocycles. The predicted octanol–water partition coefficient (Wildman–Crippen LogP) is 2.36. The third-order valence-corrected chi connectivity index (χ3v) is 3.78. The van der Waals surface area contributed by atoms with Gasteiger partial charge >= 0.3 is 0 Å². The van der Waals surface area contributed by atoms with Gasteiger partial charge in [0.2, 0.25) is 0 Å². The van der Waals surface area contributed by atoms with Crippen LogP contribution in [0.25, 0.3) is 0 Å². The van der Waals surface area contributed by atoms with Crippen LogP contribution in [0.1, 0.15) is 36.0 Å². The fraction of sp³-hybridized carbons (Fsp3) is 0.462. The van der Waals surface area contributed by atoms with Crippen LogP contribution in [0.3, 0.4) is 0 Å². The van der Waals surface area contributed by atoms with Gasteiger partial charge in [0.05, 0.1) is 10.5 Å². The Morgan fingerprint density at radius 2 is 2.16 bits per heavy atom. The molecule has 1 amide bonds. The average molecular weight is 261 g/mol. The molecule has 1 aromatic carbocycles. The van der Waals surface area contributed by atoms with Crippen LogP contribution >= 0.6 is 0 Å². The summed E-state index contributed by atoms with van der Waals surface area (Å²) in [5.41, 5.74) is 1.08. The number of non-ortho nitro benzene ring substituents is 1. The van der Waals surface area contributed by atoms with Gasteiger partial charge in [0.25, 0.3) is 11.6 Å². The van der Waals surface area contributed by atoms with Crippen LogP contribution in [0.5, 0.6) is 0 Å². The van der Waals surface area contributed by atoms with E-state index >= 15 is 0 Å². The third kappa shape index (κ3) is 2.03. The molecule has 100 valence electrons. The number of carbonyl (C=O) groups is 1. The fourth-order valence-corrected chi connectivity index (χ4v) is 2.78. The fourth-order valence-electron chi connectivity index (χ4n) is 2.78. The Labute approximate surface area is 110 Å². The van der Waals surface area contributed by atoms with Gasteiger partial charge in [0, 0.05) is 24.4 Å². The van der Waals surface area contributed by atoms with Gasteiger partial charge in [-0.05, 0) is 25.3 Å². The third-order valence-electron chi connectivity index (χ3n) is 3.78. The van der Waals surface area contributed by atoms with E-state index < -0.39 is 4.92 Å². The minimum absolute atomic E-state index is 0.0314. The number of nitrogens with zero attached hydrogens (tertiary/aromatic N) is 2. The van der Waals surface area contributed by atoms with Crippen molar-refractivity contribution in [3.63, 3.8) is 0 Å². The molecule has 3 rings (SSSR count). The maximum absolute atomic E-state index is 12.4. The molecule has 0 radical (unpaired) electrons. The molecule has 0 saturated carbocycles. The summed E-state index contributed by atoms with van der Waals surface area (Å²) in [7, 11) is 0. The highest BCUT2D eigenvalue weighted by atomic mass is 16.6. The number of rotatable bonds is 1. The molecule has 0 spiro atoms. The van der Waals surface area contributed by atoms with Crippen molar-refractivity contribution >= 4 is 17.3 Å². The van der Waals surface area contributed by atoms with Crippen molar-refractivity contribution in [1.29, 1.82) is 0 Å². The Balaban J connectivity index is 2.00. The second kappa shape index (κ2) is 4.53. The van der Waals surface area contributed by atoms with Crippen molar-refractivity contribution in [2.75, 3.05) is 11.9 Å². The number of nitro groups is 1. The minimum Gasteiger partial charge on any atom is -0.364 e. The lowest BCUT2D eigenvalue weighted by molar-refractivity contribution is -0.384. The van der Waals surface area contributed by atoms with Gasteiger partial charge in [0.1, 0.15) is 6.17 Å². The standard InChI is InChI=1S/C13H15N3O3/c17-13-10-8-9(16(18)19)5-6-11(10)14-12-4-2-1-3-7-15(12)13/h5-6,8,12,14H,1-4,7H2. The molecule has 1 saturated heterocycles. The van der Waals surface area contributed by atoms with Gasteiger partial charge in [-0.2, -0.15) is 0 Å². The summed E-state index contributed by atoms with van der Waals surface area (Å²) in [6.45, 7) is 0.721. The van der Waals surface area contributed by atoms with Crippen molar-refractivity contribution < 1.29 is 9.72 Å². The monoisotopic (exact) mass is 261 g/mol. The first kappa shape index (κ1) is 12.0. The first-order valence-electron chi connectivity index (χ1n) is 6.53. The highest BCUT2D eigenvalue weighted by Gasteiger charge is 2.33. The van der Waals surface area contributed by atoms with Crippen molar-refractivity contribution in [2.24, 2.45) is 0 Å². The molecule has 1 atom stereocenters. The van der Waals surface area contributed by atoms with Gasteiger partial charge in [-0.25, -0.2) is 0 Å². The molecule has 1 unspecified atom stereocenters. The Hall–Kier alpha value is -2.11. The smallest absolute Gasteiger partial charge is 0.270 e. The SMILES string of the molecule is O=C1c2cc([N+](=O)[O-])ccc2NC2CCCCCN12. The van der Waals surface area contributed by atoms with E-state index in [4.69, 9.17) is 0 Å². The number of hydrogen-bond acceptors (Lipinski definition) is 4. The van der Waals surface area contributed by atoms with E-state index in [9.17, 15) is 14.9 Å². The molecule has 1 aromatic rings. The lowest BCUT2D eigenvalue weighted by Gasteiger charge is -2.36. The summed E-state index contributed by atoms with van der Waals surface area (Å²) >= 11 is 0. The molecule has 0 bridgehead atoms. The van der Waals surface area contributed by atoms with E-state index in [2.05, 4.69) is 5.32 Å². The van der Waals surface area contributed by atoms with Crippen molar-refractivity contribution in [3.05, 3.63) is 33.9 Å². The number of benzene rings is 1. The number of nitrogens with one attached hydrogen (secondary N) is 1. The lowest BCUT2D eigenvalue weighted by atomic mass is 10.1. The number of anilines is 1. The van der Waals surface area contributed by atoms with Crippen LogP contribution in [0.15, 0.2) is 18.2 Å². The maximum Gasteiger partial charge on any atom is 0.270 e. The predicted molar refractivity (Wildman–Crippen MR) is 70.0 cm³/mol. The van der Waals surface area contributed by atoms with Gasteiger partial charge in [-0.15, -0.1) is 0 Å². The molecule has 1 N–H and O–H groups in total. The molecular weight excluding hydrogens is 246 g/mol. The highest BCUT2D eigenvalue weighted by molar-refractivity contribution is 6.02. The summed E-state index contributed by atoms with van der Waals surface area (Å²) in [4.78, 5) is 24.6. The van der Waals surface area contributed by atoms with Crippen molar-refractivity contribution in [2.45, 2.75) is 31.8 Å². The number of nitro benzene ring substituents is 1.